The molecule has 1 aromatic heterocycles. The van der Waals surface area contributed by atoms with Crippen molar-refractivity contribution >= 4 is 33.2 Å². The molecule has 138 valence electrons. The second kappa shape index (κ2) is 7.58. The van der Waals surface area contributed by atoms with Crippen molar-refractivity contribution in [2.45, 2.75) is 6.92 Å². The molecule has 0 saturated heterocycles. The van der Waals surface area contributed by atoms with Crippen molar-refractivity contribution in [3.05, 3.63) is 74.5 Å². The fourth-order valence-corrected chi connectivity index (χ4v) is 2.99. The van der Waals surface area contributed by atoms with Crippen LogP contribution < -0.4 is 10.1 Å². The summed E-state index contributed by atoms with van der Waals surface area (Å²) in [7, 11) is 1.68. The average Bonchev–Trinajstić information content (AvgIpc) is 2.93. The number of aromatic nitrogens is 2. The fraction of sp³-hybridized carbons (Fsp3) is 0.111. The Morgan fingerprint density at radius 2 is 2.04 bits per heavy atom. The van der Waals surface area contributed by atoms with Crippen molar-refractivity contribution in [2.24, 2.45) is 7.05 Å². The van der Waals surface area contributed by atoms with Crippen LogP contribution in [0.3, 0.4) is 0 Å². The first-order valence-electron chi connectivity index (χ1n) is 7.86. The Balaban J connectivity index is 1.90. The fourth-order valence-electron chi connectivity index (χ4n) is 2.44. The molecule has 0 unspecified atom stereocenters. The number of aryl methyl sites for hydroxylation is 2. The summed E-state index contributed by atoms with van der Waals surface area (Å²) in [5.74, 6) is 0.287. The smallest absolute Gasteiger partial charge is 0.277 e. The zero-order valence-electron chi connectivity index (χ0n) is 14.5. The van der Waals surface area contributed by atoms with E-state index in [1.807, 2.05) is 25.1 Å². The molecule has 0 aliphatic rings. The molecule has 3 aromatic rings. The molecule has 1 N–H and O–H groups in total. The number of non-ortho nitro benzene ring substituents is 1. The number of nitrogens with one attached hydrogen (secondary N) is 1. The topological polar surface area (TPSA) is 99.3 Å². The molecule has 27 heavy (non-hydrogen) atoms. The predicted molar refractivity (Wildman–Crippen MR) is 103 cm³/mol. The number of benzene rings is 2. The summed E-state index contributed by atoms with van der Waals surface area (Å²) in [4.78, 5) is 23.1. The van der Waals surface area contributed by atoms with E-state index in [2.05, 4.69) is 26.3 Å². The van der Waals surface area contributed by atoms with Gasteiger partial charge in [-0.2, -0.15) is 5.10 Å². The predicted octanol–water partition coefficient (Wildman–Crippen LogP) is 4.44. The van der Waals surface area contributed by atoms with Crippen LogP contribution in [0.15, 0.2) is 53.1 Å². The van der Waals surface area contributed by atoms with Crippen molar-refractivity contribution in [1.82, 2.24) is 9.78 Å². The highest BCUT2D eigenvalue weighted by molar-refractivity contribution is 9.10. The minimum absolute atomic E-state index is 0.171. The highest BCUT2D eigenvalue weighted by Crippen LogP contribution is 2.30. The van der Waals surface area contributed by atoms with Gasteiger partial charge < -0.3 is 10.1 Å². The van der Waals surface area contributed by atoms with Crippen LogP contribution in [0.25, 0.3) is 0 Å². The van der Waals surface area contributed by atoms with E-state index < -0.39 is 10.8 Å². The Morgan fingerprint density at radius 1 is 1.26 bits per heavy atom. The van der Waals surface area contributed by atoms with Crippen molar-refractivity contribution < 1.29 is 14.5 Å². The molecule has 0 aliphatic heterocycles. The molecule has 3 rings (SSSR count). The number of rotatable bonds is 5. The number of carbonyl (C=O) groups is 1. The lowest BCUT2D eigenvalue weighted by Crippen LogP contribution is -2.13. The average molecular weight is 431 g/mol. The maximum atomic E-state index is 12.4. The van der Waals surface area contributed by atoms with E-state index in [0.717, 1.165) is 5.56 Å². The summed E-state index contributed by atoms with van der Waals surface area (Å²) >= 11 is 3.26. The number of carbonyl (C=O) groups excluding carboxylic acids is 1. The minimum Gasteiger partial charge on any atom is -0.457 e. The quantitative estimate of drug-likeness (QED) is 0.476. The summed E-state index contributed by atoms with van der Waals surface area (Å²) in [6.07, 6.45) is 1.63. The van der Waals surface area contributed by atoms with E-state index in [-0.39, 0.29) is 22.8 Å². The molecular weight excluding hydrogens is 416 g/mol. The highest BCUT2D eigenvalue weighted by atomic mass is 79.9. The third-order valence-corrected chi connectivity index (χ3v) is 4.16. The van der Waals surface area contributed by atoms with Crippen LogP contribution in [0, 0.1) is 17.0 Å². The molecule has 0 spiro atoms. The molecule has 0 radical (unpaired) electrons. The van der Waals surface area contributed by atoms with E-state index in [4.69, 9.17) is 4.74 Å². The lowest BCUT2D eigenvalue weighted by molar-refractivity contribution is -0.384. The maximum Gasteiger partial charge on any atom is 0.277 e. The Kier molecular flexibility index (Phi) is 5.22. The first-order valence-corrected chi connectivity index (χ1v) is 8.65. The van der Waals surface area contributed by atoms with Crippen LogP contribution in [0.4, 0.5) is 11.4 Å². The minimum atomic E-state index is -0.546. The highest BCUT2D eigenvalue weighted by Gasteiger charge is 2.17. The molecule has 9 heteroatoms. The molecule has 2 aromatic carbocycles. The van der Waals surface area contributed by atoms with Gasteiger partial charge in [-0.25, -0.2) is 0 Å². The van der Waals surface area contributed by atoms with E-state index in [0.29, 0.717) is 10.2 Å². The first-order chi connectivity index (χ1) is 12.8. The second-order valence-corrected chi connectivity index (χ2v) is 6.70. The van der Waals surface area contributed by atoms with Gasteiger partial charge in [0.1, 0.15) is 11.5 Å². The zero-order valence-corrected chi connectivity index (χ0v) is 16.1. The van der Waals surface area contributed by atoms with Gasteiger partial charge in [-0.3, -0.25) is 19.6 Å². The van der Waals surface area contributed by atoms with Gasteiger partial charge in [0.05, 0.1) is 21.1 Å². The molecule has 8 nitrogen and oxygen atoms in total. The molecule has 0 aliphatic carbocycles. The van der Waals surface area contributed by atoms with Gasteiger partial charge in [-0.05, 0) is 40.5 Å². The van der Waals surface area contributed by atoms with Crippen LogP contribution in [-0.2, 0) is 7.05 Å². The molecule has 0 bridgehead atoms. The van der Waals surface area contributed by atoms with Gasteiger partial charge >= 0.3 is 0 Å². The van der Waals surface area contributed by atoms with E-state index in [1.54, 1.807) is 19.3 Å². The largest absolute Gasteiger partial charge is 0.457 e. The SMILES string of the molecule is Cc1cccc(Oc2cc(NC(=O)c3nn(C)cc3Br)cc([N+](=O)[O-])c2)c1. The molecule has 1 amide bonds. The van der Waals surface area contributed by atoms with E-state index in [1.165, 1.54) is 22.9 Å². The number of hydrogen-bond acceptors (Lipinski definition) is 5. The number of anilines is 1. The number of hydrogen-bond donors (Lipinski definition) is 1. The lowest BCUT2D eigenvalue weighted by Gasteiger charge is -2.09. The number of amides is 1. The van der Waals surface area contributed by atoms with E-state index in [9.17, 15) is 14.9 Å². The van der Waals surface area contributed by atoms with Gasteiger partial charge in [-0.15, -0.1) is 0 Å². The number of nitrogens with zero attached hydrogens (tertiary/aromatic N) is 3. The second-order valence-electron chi connectivity index (χ2n) is 5.84. The zero-order chi connectivity index (χ0) is 19.6. The number of ether oxygens (including phenoxy) is 1. The van der Waals surface area contributed by atoms with Crippen LogP contribution >= 0.6 is 15.9 Å². The third-order valence-electron chi connectivity index (χ3n) is 3.58. The Bertz CT molecular complexity index is 1030. The standard InChI is InChI=1S/C18H15BrN4O4/c1-11-4-3-5-14(6-11)27-15-8-12(7-13(9-15)23(25)26)20-18(24)17-16(19)10-22(2)21-17/h3-10H,1-2H3,(H,20,24). The van der Waals surface area contributed by atoms with Crippen LogP contribution in [0.2, 0.25) is 0 Å². The third kappa shape index (κ3) is 4.50. The number of halogens is 1. The Morgan fingerprint density at radius 3 is 2.67 bits per heavy atom. The Hall–Kier alpha value is -3.20. The summed E-state index contributed by atoms with van der Waals surface area (Å²) in [5.41, 5.74) is 1.20. The van der Waals surface area contributed by atoms with Gasteiger partial charge in [0.2, 0.25) is 0 Å². The molecule has 0 saturated carbocycles. The normalized spacial score (nSPS) is 10.5. The summed E-state index contributed by atoms with van der Waals surface area (Å²) < 4.78 is 7.72. The first kappa shape index (κ1) is 18.6. The van der Waals surface area contributed by atoms with Crippen molar-refractivity contribution in [1.29, 1.82) is 0 Å². The molecule has 1 heterocycles. The van der Waals surface area contributed by atoms with Crippen molar-refractivity contribution in [3.63, 3.8) is 0 Å². The van der Waals surface area contributed by atoms with Crippen LogP contribution in [-0.4, -0.2) is 20.6 Å². The van der Waals surface area contributed by atoms with E-state index >= 15 is 0 Å². The van der Waals surface area contributed by atoms with Gasteiger partial charge in [0.25, 0.3) is 11.6 Å². The molecule has 0 atom stereocenters. The maximum absolute atomic E-state index is 12.4. The summed E-state index contributed by atoms with van der Waals surface area (Å²) in [6.45, 7) is 1.91. The monoisotopic (exact) mass is 430 g/mol. The van der Waals surface area contributed by atoms with Crippen LogP contribution in [0.1, 0.15) is 16.1 Å². The molecule has 0 fully saturated rings. The number of nitro benzene ring substituents is 1. The van der Waals surface area contributed by atoms with Gasteiger partial charge in [0, 0.05) is 25.4 Å². The number of nitro groups is 1. The summed E-state index contributed by atoms with van der Waals surface area (Å²) in [6, 6.07) is 11.4. The van der Waals surface area contributed by atoms with Crippen molar-refractivity contribution in [2.75, 3.05) is 5.32 Å². The van der Waals surface area contributed by atoms with Gasteiger partial charge in [0.15, 0.2) is 5.69 Å². The molecular formula is C18H15BrN4O4. The van der Waals surface area contributed by atoms with Crippen molar-refractivity contribution in [3.8, 4) is 11.5 Å². The lowest BCUT2D eigenvalue weighted by atomic mass is 10.2. The Labute approximate surface area is 163 Å². The van der Waals surface area contributed by atoms with Gasteiger partial charge in [-0.1, -0.05) is 12.1 Å². The summed E-state index contributed by atoms with van der Waals surface area (Å²) in [5, 5.41) is 17.9. The van der Waals surface area contributed by atoms with Crippen LogP contribution in [0.5, 0.6) is 11.5 Å².